The summed E-state index contributed by atoms with van der Waals surface area (Å²) in [4.78, 5) is 18.5. The number of hydrogen-bond acceptors (Lipinski definition) is 2. The lowest BCUT2D eigenvalue weighted by atomic mass is 10.0. The van der Waals surface area contributed by atoms with Crippen molar-refractivity contribution in [1.82, 2.24) is 9.97 Å². The summed E-state index contributed by atoms with van der Waals surface area (Å²) in [6.45, 7) is 4.29. The SMILES string of the molecule is CC(C)c1ccc(NC(=O)Cc2cnc[nH]2)cc1. The number of hydrogen-bond donors (Lipinski definition) is 2. The van der Waals surface area contributed by atoms with Gasteiger partial charge in [0.15, 0.2) is 0 Å². The van der Waals surface area contributed by atoms with E-state index < -0.39 is 0 Å². The molecule has 0 bridgehead atoms. The van der Waals surface area contributed by atoms with E-state index in [1.165, 1.54) is 5.56 Å². The molecule has 94 valence electrons. The second kappa shape index (κ2) is 5.49. The molecule has 2 rings (SSSR count). The zero-order valence-electron chi connectivity index (χ0n) is 10.6. The molecule has 0 spiro atoms. The van der Waals surface area contributed by atoms with Crippen molar-refractivity contribution in [2.45, 2.75) is 26.2 Å². The molecule has 0 atom stereocenters. The average molecular weight is 243 g/mol. The van der Waals surface area contributed by atoms with E-state index in [0.29, 0.717) is 12.3 Å². The Hall–Kier alpha value is -2.10. The van der Waals surface area contributed by atoms with Crippen molar-refractivity contribution in [2.24, 2.45) is 0 Å². The standard InChI is InChI=1S/C14H17N3O/c1-10(2)11-3-5-12(6-4-11)17-14(18)7-13-8-15-9-16-13/h3-6,8-10H,7H2,1-2H3,(H,15,16)(H,17,18). The molecule has 0 saturated carbocycles. The first-order valence-electron chi connectivity index (χ1n) is 6.02. The Balaban J connectivity index is 1.95. The van der Waals surface area contributed by atoms with Crippen molar-refractivity contribution >= 4 is 11.6 Å². The molecule has 0 radical (unpaired) electrons. The van der Waals surface area contributed by atoms with Gasteiger partial charge in [-0.2, -0.15) is 0 Å². The maximum absolute atomic E-state index is 11.7. The summed E-state index contributed by atoms with van der Waals surface area (Å²) >= 11 is 0. The number of imidazole rings is 1. The number of benzene rings is 1. The number of nitrogens with zero attached hydrogens (tertiary/aromatic N) is 1. The third-order valence-electron chi connectivity index (χ3n) is 2.77. The fraction of sp³-hybridized carbons (Fsp3) is 0.286. The highest BCUT2D eigenvalue weighted by atomic mass is 16.1. The summed E-state index contributed by atoms with van der Waals surface area (Å²) < 4.78 is 0. The zero-order valence-corrected chi connectivity index (χ0v) is 10.6. The van der Waals surface area contributed by atoms with Crippen LogP contribution in [0.4, 0.5) is 5.69 Å². The molecular formula is C14H17N3O. The lowest BCUT2D eigenvalue weighted by Gasteiger charge is -2.08. The number of amides is 1. The van der Waals surface area contributed by atoms with Gasteiger partial charge in [-0.15, -0.1) is 0 Å². The van der Waals surface area contributed by atoms with Gasteiger partial charge in [-0.25, -0.2) is 4.98 Å². The van der Waals surface area contributed by atoms with E-state index in [1.54, 1.807) is 12.5 Å². The lowest BCUT2D eigenvalue weighted by molar-refractivity contribution is -0.115. The monoisotopic (exact) mass is 243 g/mol. The summed E-state index contributed by atoms with van der Waals surface area (Å²) in [5.41, 5.74) is 2.90. The molecular weight excluding hydrogens is 226 g/mol. The minimum absolute atomic E-state index is 0.0449. The first kappa shape index (κ1) is 12.4. The summed E-state index contributed by atoms with van der Waals surface area (Å²) in [5.74, 6) is 0.455. The van der Waals surface area contributed by atoms with Crippen LogP contribution >= 0.6 is 0 Å². The van der Waals surface area contributed by atoms with Crippen molar-refractivity contribution in [3.63, 3.8) is 0 Å². The van der Waals surface area contributed by atoms with Gasteiger partial charge in [0.05, 0.1) is 12.7 Å². The Morgan fingerprint density at radius 1 is 1.33 bits per heavy atom. The van der Waals surface area contributed by atoms with Gasteiger partial charge in [-0.05, 0) is 23.6 Å². The largest absolute Gasteiger partial charge is 0.348 e. The molecule has 1 amide bonds. The van der Waals surface area contributed by atoms with Crippen molar-refractivity contribution < 1.29 is 4.79 Å². The molecule has 1 aromatic heterocycles. The van der Waals surface area contributed by atoms with Gasteiger partial charge in [0.25, 0.3) is 0 Å². The summed E-state index contributed by atoms with van der Waals surface area (Å²) in [6, 6.07) is 7.94. The van der Waals surface area contributed by atoms with E-state index in [2.05, 4.69) is 29.1 Å². The third kappa shape index (κ3) is 3.20. The molecule has 2 N–H and O–H groups in total. The molecule has 1 heterocycles. The fourth-order valence-corrected chi connectivity index (χ4v) is 1.71. The summed E-state index contributed by atoms with van der Waals surface area (Å²) in [6.07, 6.45) is 3.54. The molecule has 0 unspecified atom stereocenters. The highest BCUT2D eigenvalue weighted by molar-refractivity contribution is 5.91. The number of aromatic nitrogens is 2. The van der Waals surface area contributed by atoms with Gasteiger partial charge in [0.2, 0.25) is 5.91 Å². The van der Waals surface area contributed by atoms with Gasteiger partial charge >= 0.3 is 0 Å². The fourth-order valence-electron chi connectivity index (χ4n) is 1.71. The Morgan fingerprint density at radius 2 is 2.06 bits per heavy atom. The molecule has 0 aliphatic heterocycles. The normalized spacial score (nSPS) is 10.6. The molecule has 0 saturated heterocycles. The Kier molecular flexibility index (Phi) is 3.77. The van der Waals surface area contributed by atoms with Crippen LogP contribution in [0.3, 0.4) is 0 Å². The van der Waals surface area contributed by atoms with Crippen LogP contribution in [-0.2, 0) is 11.2 Å². The van der Waals surface area contributed by atoms with Crippen LogP contribution in [0, 0.1) is 0 Å². The van der Waals surface area contributed by atoms with Crippen molar-refractivity contribution in [2.75, 3.05) is 5.32 Å². The van der Waals surface area contributed by atoms with Crippen LogP contribution < -0.4 is 5.32 Å². The molecule has 0 fully saturated rings. The minimum Gasteiger partial charge on any atom is -0.348 e. The second-order valence-electron chi connectivity index (χ2n) is 4.58. The number of nitrogens with one attached hydrogen (secondary N) is 2. The van der Waals surface area contributed by atoms with Gasteiger partial charge in [0, 0.05) is 17.6 Å². The smallest absolute Gasteiger partial charge is 0.230 e. The Morgan fingerprint density at radius 3 is 2.61 bits per heavy atom. The first-order valence-corrected chi connectivity index (χ1v) is 6.02. The van der Waals surface area contributed by atoms with Crippen molar-refractivity contribution in [3.8, 4) is 0 Å². The number of carbonyl (C=O) groups is 1. The number of anilines is 1. The molecule has 1 aromatic carbocycles. The third-order valence-corrected chi connectivity index (χ3v) is 2.77. The minimum atomic E-state index is -0.0449. The van der Waals surface area contributed by atoms with Crippen LogP contribution in [0.15, 0.2) is 36.8 Å². The van der Waals surface area contributed by atoms with Gasteiger partial charge in [-0.3, -0.25) is 4.79 Å². The van der Waals surface area contributed by atoms with Crippen LogP contribution in [0.1, 0.15) is 31.0 Å². The van der Waals surface area contributed by atoms with Crippen LogP contribution in [-0.4, -0.2) is 15.9 Å². The van der Waals surface area contributed by atoms with Crippen molar-refractivity contribution in [1.29, 1.82) is 0 Å². The van der Waals surface area contributed by atoms with Gasteiger partial charge in [-0.1, -0.05) is 26.0 Å². The lowest BCUT2D eigenvalue weighted by Crippen LogP contribution is -2.14. The van der Waals surface area contributed by atoms with E-state index >= 15 is 0 Å². The molecule has 2 aromatic rings. The highest BCUT2D eigenvalue weighted by Gasteiger charge is 2.05. The van der Waals surface area contributed by atoms with E-state index in [4.69, 9.17) is 0 Å². The predicted molar refractivity (Wildman–Crippen MR) is 71.5 cm³/mol. The molecule has 18 heavy (non-hydrogen) atoms. The highest BCUT2D eigenvalue weighted by Crippen LogP contribution is 2.17. The number of H-pyrrole nitrogens is 1. The quantitative estimate of drug-likeness (QED) is 0.867. The number of rotatable bonds is 4. The van der Waals surface area contributed by atoms with Gasteiger partial charge < -0.3 is 10.3 Å². The zero-order chi connectivity index (χ0) is 13.0. The summed E-state index contributed by atoms with van der Waals surface area (Å²) in [7, 11) is 0. The predicted octanol–water partition coefficient (Wildman–Crippen LogP) is 2.71. The van der Waals surface area contributed by atoms with E-state index in [1.807, 2.05) is 24.3 Å². The number of carbonyl (C=O) groups excluding carboxylic acids is 1. The Labute approximate surface area is 106 Å². The van der Waals surface area contributed by atoms with Crippen LogP contribution in [0.2, 0.25) is 0 Å². The molecule has 0 aliphatic carbocycles. The Bertz CT molecular complexity index is 500. The first-order chi connectivity index (χ1) is 8.65. The van der Waals surface area contributed by atoms with Crippen LogP contribution in [0.5, 0.6) is 0 Å². The van der Waals surface area contributed by atoms with E-state index in [9.17, 15) is 4.79 Å². The second-order valence-corrected chi connectivity index (χ2v) is 4.58. The van der Waals surface area contributed by atoms with E-state index in [-0.39, 0.29) is 5.91 Å². The topological polar surface area (TPSA) is 57.8 Å². The van der Waals surface area contributed by atoms with E-state index in [0.717, 1.165) is 11.4 Å². The maximum atomic E-state index is 11.7. The average Bonchev–Trinajstić information content (AvgIpc) is 2.82. The molecule has 0 aliphatic rings. The molecule has 4 heteroatoms. The van der Waals surface area contributed by atoms with Crippen molar-refractivity contribution in [3.05, 3.63) is 48.0 Å². The van der Waals surface area contributed by atoms with Crippen LogP contribution in [0.25, 0.3) is 0 Å². The number of aromatic amines is 1. The molecule has 4 nitrogen and oxygen atoms in total. The summed E-state index contributed by atoms with van der Waals surface area (Å²) in [5, 5.41) is 2.86. The van der Waals surface area contributed by atoms with Gasteiger partial charge in [0.1, 0.15) is 0 Å². The maximum Gasteiger partial charge on any atom is 0.230 e.